The Morgan fingerprint density at radius 1 is 1.38 bits per heavy atom. The first-order chi connectivity index (χ1) is 10.1. The molecule has 0 aliphatic carbocycles. The summed E-state index contributed by atoms with van der Waals surface area (Å²) in [6.45, 7) is 7.01. The Balaban J connectivity index is 1.68. The molecule has 1 fully saturated rings. The molecule has 2 rings (SSSR count). The first-order valence-corrected chi connectivity index (χ1v) is 7.30. The second-order valence-electron chi connectivity index (χ2n) is 5.62. The monoisotopic (exact) mass is 294 g/mol. The largest absolute Gasteiger partial charge is 0.363 e. The molecule has 7 nitrogen and oxygen atoms in total. The maximum Gasteiger partial charge on any atom is 0.314 e. The molecule has 2 heterocycles. The molecule has 2 amide bonds. The van der Waals surface area contributed by atoms with E-state index in [1.54, 1.807) is 0 Å². The minimum Gasteiger partial charge on any atom is -0.363 e. The number of nitrogens with one attached hydrogen (secondary N) is 2. The predicted octanol–water partition coefficient (Wildman–Crippen LogP) is 0.850. The van der Waals surface area contributed by atoms with Crippen molar-refractivity contribution in [3.63, 3.8) is 0 Å². The molecule has 0 spiro atoms. The van der Waals surface area contributed by atoms with E-state index in [1.165, 1.54) is 12.3 Å². The Bertz CT molecular complexity index is 465. The summed E-state index contributed by atoms with van der Waals surface area (Å²) in [5, 5.41) is 8.57. The van der Waals surface area contributed by atoms with Gasteiger partial charge in [0.25, 0.3) is 0 Å². The summed E-state index contributed by atoms with van der Waals surface area (Å²) in [5.74, 6) is -0.683. The zero-order chi connectivity index (χ0) is 15.2. The minimum absolute atomic E-state index is 0.236. The third-order valence-corrected chi connectivity index (χ3v) is 3.82. The molecule has 0 atom stereocenters. The van der Waals surface area contributed by atoms with Crippen LogP contribution in [-0.4, -0.2) is 47.5 Å². The average molecular weight is 294 g/mol. The van der Waals surface area contributed by atoms with Crippen molar-refractivity contribution in [3.05, 3.63) is 12.3 Å². The quantitative estimate of drug-likeness (QED) is 0.804. The van der Waals surface area contributed by atoms with Crippen molar-refractivity contribution in [1.82, 2.24) is 15.4 Å². The molecule has 1 aliphatic rings. The highest BCUT2D eigenvalue weighted by atomic mass is 16.5. The topological polar surface area (TPSA) is 87.5 Å². The van der Waals surface area contributed by atoms with Gasteiger partial charge >= 0.3 is 11.8 Å². The van der Waals surface area contributed by atoms with Crippen molar-refractivity contribution in [3.8, 4) is 0 Å². The smallest absolute Gasteiger partial charge is 0.314 e. The van der Waals surface area contributed by atoms with Crippen molar-refractivity contribution < 1.29 is 14.1 Å². The lowest BCUT2D eigenvalue weighted by Crippen LogP contribution is -2.43. The number of piperidine rings is 1. The molecular weight excluding hydrogens is 272 g/mol. The Labute approximate surface area is 124 Å². The maximum atomic E-state index is 11.7. The third-order valence-electron chi connectivity index (χ3n) is 3.82. The zero-order valence-corrected chi connectivity index (χ0v) is 12.5. The molecule has 0 aromatic carbocycles. The van der Waals surface area contributed by atoms with Crippen LogP contribution in [0.3, 0.4) is 0 Å². The third kappa shape index (κ3) is 4.56. The van der Waals surface area contributed by atoms with Gasteiger partial charge in [0, 0.05) is 18.7 Å². The molecule has 1 saturated heterocycles. The lowest BCUT2D eigenvalue weighted by Gasteiger charge is -2.34. The minimum atomic E-state index is -0.719. The standard InChI is InChI=1S/C14H22N4O3/c1-10(2)18-6-3-11(4-7-18)9-15-13(19)14(20)16-12-5-8-21-17-12/h5,8,10-11H,3-4,6-7,9H2,1-2H3,(H,15,19)(H,16,17,20). The molecule has 0 bridgehead atoms. The second-order valence-corrected chi connectivity index (χ2v) is 5.62. The van der Waals surface area contributed by atoms with Gasteiger partial charge in [0.1, 0.15) is 6.26 Å². The van der Waals surface area contributed by atoms with Gasteiger partial charge in [0.05, 0.1) is 0 Å². The summed E-state index contributed by atoms with van der Waals surface area (Å²) >= 11 is 0. The van der Waals surface area contributed by atoms with Crippen LogP contribution in [0.5, 0.6) is 0 Å². The van der Waals surface area contributed by atoms with Crippen molar-refractivity contribution in [2.75, 3.05) is 25.0 Å². The first kappa shape index (κ1) is 15.5. The predicted molar refractivity (Wildman–Crippen MR) is 77.6 cm³/mol. The summed E-state index contributed by atoms with van der Waals surface area (Å²) in [4.78, 5) is 25.7. The van der Waals surface area contributed by atoms with Crippen LogP contribution in [0.2, 0.25) is 0 Å². The second kappa shape index (κ2) is 7.21. The highest BCUT2D eigenvalue weighted by Gasteiger charge is 2.22. The van der Waals surface area contributed by atoms with E-state index in [9.17, 15) is 9.59 Å². The molecule has 2 N–H and O–H groups in total. The van der Waals surface area contributed by atoms with Crippen molar-refractivity contribution in [2.45, 2.75) is 32.7 Å². The SMILES string of the molecule is CC(C)N1CCC(CNC(=O)C(=O)Nc2ccon2)CC1. The lowest BCUT2D eigenvalue weighted by molar-refractivity contribution is -0.136. The van der Waals surface area contributed by atoms with Crippen molar-refractivity contribution in [2.24, 2.45) is 5.92 Å². The Morgan fingerprint density at radius 3 is 2.67 bits per heavy atom. The average Bonchev–Trinajstić information content (AvgIpc) is 2.98. The lowest BCUT2D eigenvalue weighted by atomic mass is 9.96. The molecule has 21 heavy (non-hydrogen) atoms. The number of carbonyl (C=O) groups is 2. The van der Waals surface area contributed by atoms with E-state index in [0.29, 0.717) is 18.5 Å². The van der Waals surface area contributed by atoms with Gasteiger partial charge in [0.2, 0.25) is 0 Å². The number of hydrogen-bond donors (Lipinski definition) is 2. The van der Waals surface area contributed by atoms with E-state index in [1.807, 2.05) is 0 Å². The van der Waals surface area contributed by atoms with E-state index in [4.69, 9.17) is 0 Å². The molecule has 0 radical (unpaired) electrons. The van der Waals surface area contributed by atoms with Crippen LogP contribution in [0.15, 0.2) is 16.9 Å². The highest BCUT2D eigenvalue weighted by Crippen LogP contribution is 2.18. The van der Waals surface area contributed by atoms with Gasteiger partial charge < -0.3 is 14.7 Å². The molecular formula is C14H22N4O3. The van der Waals surface area contributed by atoms with Gasteiger partial charge in [-0.2, -0.15) is 0 Å². The van der Waals surface area contributed by atoms with Crippen LogP contribution in [0.25, 0.3) is 0 Å². The van der Waals surface area contributed by atoms with Crippen molar-refractivity contribution >= 4 is 17.6 Å². The van der Waals surface area contributed by atoms with Gasteiger partial charge in [0.15, 0.2) is 5.82 Å². The number of rotatable bonds is 4. The number of anilines is 1. The normalized spacial score (nSPS) is 16.9. The van der Waals surface area contributed by atoms with E-state index in [0.717, 1.165) is 25.9 Å². The summed E-state index contributed by atoms with van der Waals surface area (Å²) in [6.07, 6.45) is 3.42. The molecule has 0 saturated carbocycles. The molecule has 0 unspecified atom stereocenters. The van der Waals surface area contributed by atoms with Crippen LogP contribution in [0.1, 0.15) is 26.7 Å². The van der Waals surface area contributed by atoms with Gasteiger partial charge in [-0.05, 0) is 45.7 Å². The highest BCUT2D eigenvalue weighted by molar-refractivity contribution is 6.39. The number of nitrogens with zero attached hydrogens (tertiary/aromatic N) is 2. The van der Waals surface area contributed by atoms with E-state index in [2.05, 4.69) is 39.1 Å². The van der Waals surface area contributed by atoms with Crippen LogP contribution in [0.4, 0.5) is 5.82 Å². The molecule has 1 aliphatic heterocycles. The van der Waals surface area contributed by atoms with E-state index in [-0.39, 0.29) is 5.82 Å². The molecule has 1 aromatic heterocycles. The number of hydrogen-bond acceptors (Lipinski definition) is 5. The van der Waals surface area contributed by atoms with E-state index < -0.39 is 11.8 Å². The van der Waals surface area contributed by atoms with Crippen LogP contribution >= 0.6 is 0 Å². The summed E-state index contributed by atoms with van der Waals surface area (Å²) in [7, 11) is 0. The Kier molecular flexibility index (Phi) is 5.32. The van der Waals surface area contributed by atoms with Crippen molar-refractivity contribution in [1.29, 1.82) is 0 Å². The van der Waals surface area contributed by atoms with Gasteiger partial charge in [-0.3, -0.25) is 14.9 Å². The summed E-state index contributed by atoms with van der Waals surface area (Å²) < 4.78 is 4.58. The Hall–Kier alpha value is -1.89. The fraction of sp³-hybridized carbons (Fsp3) is 0.643. The van der Waals surface area contributed by atoms with E-state index >= 15 is 0 Å². The maximum absolute atomic E-state index is 11.7. The van der Waals surface area contributed by atoms with Gasteiger partial charge in [-0.25, -0.2) is 0 Å². The summed E-state index contributed by atoms with van der Waals surface area (Å²) in [5.41, 5.74) is 0. The number of likely N-dealkylation sites (tertiary alicyclic amines) is 1. The molecule has 7 heteroatoms. The number of aromatic nitrogens is 1. The van der Waals surface area contributed by atoms with Crippen LogP contribution in [0, 0.1) is 5.92 Å². The molecule has 116 valence electrons. The first-order valence-electron chi connectivity index (χ1n) is 7.30. The fourth-order valence-electron chi connectivity index (χ4n) is 2.44. The number of amides is 2. The van der Waals surface area contributed by atoms with Gasteiger partial charge in [-0.1, -0.05) is 5.16 Å². The summed E-state index contributed by atoms with van der Waals surface area (Å²) in [6, 6.07) is 2.04. The molecule has 1 aromatic rings. The fourth-order valence-corrected chi connectivity index (χ4v) is 2.44. The van der Waals surface area contributed by atoms with Crippen LogP contribution < -0.4 is 10.6 Å². The van der Waals surface area contributed by atoms with Gasteiger partial charge in [-0.15, -0.1) is 0 Å². The number of carbonyl (C=O) groups excluding carboxylic acids is 2. The zero-order valence-electron chi connectivity index (χ0n) is 12.5. The van der Waals surface area contributed by atoms with Crippen LogP contribution in [-0.2, 0) is 9.59 Å². The Morgan fingerprint density at radius 2 is 2.10 bits per heavy atom.